The molecule has 0 spiro atoms. The third-order valence-electron chi connectivity index (χ3n) is 2.79. The summed E-state index contributed by atoms with van der Waals surface area (Å²) in [7, 11) is 0. The number of halogens is 1. The van der Waals surface area contributed by atoms with Crippen molar-refractivity contribution in [2.24, 2.45) is 0 Å². The Morgan fingerprint density at radius 3 is 2.41 bits per heavy atom. The average molecular weight is 327 g/mol. The minimum Gasteiger partial charge on any atom is -0.494 e. The first-order valence-electron chi connectivity index (χ1n) is 7.04. The van der Waals surface area contributed by atoms with E-state index in [1.165, 1.54) is 0 Å². The number of rotatable bonds is 10. The van der Waals surface area contributed by atoms with Gasteiger partial charge in [0, 0.05) is 12.7 Å². The number of benzene rings is 1. The van der Waals surface area contributed by atoms with Crippen molar-refractivity contribution in [3.63, 3.8) is 0 Å². The Labute approximate surface area is 134 Å². The zero-order valence-electron chi connectivity index (χ0n) is 12.2. The van der Waals surface area contributed by atoms with E-state index in [0.29, 0.717) is 17.9 Å². The van der Waals surface area contributed by atoms with E-state index >= 15 is 0 Å². The predicted molar refractivity (Wildman–Crippen MR) is 82.9 cm³/mol. The molecule has 0 radical (unpaired) electrons. The molecule has 0 bridgehead atoms. The first kappa shape index (κ1) is 18.2. The molecule has 22 heavy (non-hydrogen) atoms. The second-order valence-corrected chi connectivity index (χ2v) is 4.90. The first-order chi connectivity index (χ1) is 10.6. The van der Waals surface area contributed by atoms with Crippen LogP contribution in [0.2, 0.25) is 0 Å². The molecular weight excluding hydrogens is 308 g/mol. The molecule has 1 rings (SSSR count). The second kappa shape index (κ2) is 10.8. The Morgan fingerprint density at radius 1 is 1.09 bits per heavy atom. The van der Waals surface area contributed by atoms with Crippen LogP contribution in [0.1, 0.15) is 36.0 Å². The quantitative estimate of drug-likeness (QED) is 0.235. The van der Waals surface area contributed by atoms with Gasteiger partial charge in [-0.3, -0.25) is 4.79 Å². The largest absolute Gasteiger partial charge is 0.494 e. The van der Waals surface area contributed by atoms with Crippen molar-refractivity contribution in [3.05, 3.63) is 42.2 Å². The summed E-state index contributed by atoms with van der Waals surface area (Å²) in [4.78, 5) is 22.1. The predicted octanol–water partition coefficient (Wildman–Crippen LogP) is 3.05. The normalized spacial score (nSPS) is 10.6. The van der Waals surface area contributed by atoms with Gasteiger partial charge in [-0.25, -0.2) is 4.79 Å². The third kappa shape index (κ3) is 7.81. The Morgan fingerprint density at radius 2 is 1.77 bits per heavy atom. The van der Waals surface area contributed by atoms with Gasteiger partial charge in [-0.05, 0) is 55.1 Å². The molecule has 0 heterocycles. The molecule has 0 aliphatic carbocycles. The van der Waals surface area contributed by atoms with Crippen LogP contribution in [-0.4, -0.2) is 29.5 Å². The standard InChI is InChI=1S/C16H19ClO5/c17-15(19)9-12-22-16(20)13-5-7-14(8-6-13)21-11-4-2-1-3-10-18/h5-9,12,18H,1-4,10-11H2/b12-9+. The molecular formula is C16H19ClO5. The van der Waals surface area contributed by atoms with E-state index in [1.54, 1.807) is 24.3 Å². The summed E-state index contributed by atoms with van der Waals surface area (Å²) in [5.41, 5.74) is 0.349. The number of ether oxygens (including phenoxy) is 2. The number of carbonyl (C=O) groups is 2. The second-order valence-electron chi connectivity index (χ2n) is 4.52. The fourth-order valence-corrected chi connectivity index (χ4v) is 1.71. The number of unbranched alkanes of at least 4 members (excludes halogenated alkanes) is 3. The lowest BCUT2D eigenvalue weighted by Gasteiger charge is -2.06. The van der Waals surface area contributed by atoms with E-state index in [4.69, 9.17) is 26.2 Å². The minimum atomic E-state index is -0.712. The van der Waals surface area contributed by atoms with Gasteiger partial charge in [0.1, 0.15) is 5.75 Å². The Balaban J connectivity index is 2.33. The zero-order valence-corrected chi connectivity index (χ0v) is 12.9. The summed E-state index contributed by atoms with van der Waals surface area (Å²) in [5, 5.41) is 7.94. The highest BCUT2D eigenvalue weighted by Gasteiger charge is 2.06. The van der Waals surface area contributed by atoms with Crippen LogP contribution in [0.5, 0.6) is 5.75 Å². The summed E-state index contributed by atoms with van der Waals surface area (Å²) < 4.78 is 10.3. The summed E-state index contributed by atoms with van der Waals surface area (Å²) in [5.74, 6) is 0.0925. The van der Waals surface area contributed by atoms with Gasteiger partial charge in [-0.2, -0.15) is 0 Å². The smallest absolute Gasteiger partial charge is 0.342 e. The maximum atomic E-state index is 11.6. The summed E-state index contributed by atoms with van der Waals surface area (Å²) in [6.07, 6.45) is 5.64. The topological polar surface area (TPSA) is 72.8 Å². The molecule has 1 aromatic rings. The van der Waals surface area contributed by atoms with Crippen molar-refractivity contribution in [2.45, 2.75) is 25.7 Å². The number of aliphatic hydroxyl groups is 1. The van der Waals surface area contributed by atoms with Crippen molar-refractivity contribution >= 4 is 22.8 Å². The third-order valence-corrected chi connectivity index (χ3v) is 2.91. The van der Waals surface area contributed by atoms with E-state index in [-0.39, 0.29) is 6.61 Å². The molecule has 6 heteroatoms. The van der Waals surface area contributed by atoms with Gasteiger partial charge in [0.05, 0.1) is 18.4 Å². The van der Waals surface area contributed by atoms with Gasteiger partial charge in [0.15, 0.2) is 0 Å². The van der Waals surface area contributed by atoms with Crippen LogP contribution in [0.3, 0.4) is 0 Å². The molecule has 0 aliphatic heterocycles. The van der Waals surface area contributed by atoms with Crippen LogP contribution in [-0.2, 0) is 9.53 Å². The molecule has 1 N–H and O–H groups in total. The van der Waals surface area contributed by atoms with Crippen LogP contribution in [0.15, 0.2) is 36.6 Å². The van der Waals surface area contributed by atoms with Crippen LogP contribution in [0.4, 0.5) is 0 Å². The molecule has 5 nitrogen and oxygen atoms in total. The van der Waals surface area contributed by atoms with Crippen molar-refractivity contribution < 1.29 is 24.2 Å². The number of hydrogen-bond donors (Lipinski definition) is 1. The van der Waals surface area contributed by atoms with E-state index in [9.17, 15) is 9.59 Å². The van der Waals surface area contributed by atoms with Gasteiger partial charge in [-0.1, -0.05) is 6.42 Å². The molecule has 1 aromatic carbocycles. The van der Waals surface area contributed by atoms with Crippen LogP contribution in [0, 0.1) is 0 Å². The van der Waals surface area contributed by atoms with Crippen LogP contribution in [0.25, 0.3) is 0 Å². The molecule has 0 atom stereocenters. The summed E-state index contributed by atoms with van der Waals surface area (Å²) in [6, 6.07) is 6.53. The molecule has 120 valence electrons. The maximum absolute atomic E-state index is 11.6. The van der Waals surface area contributed by atoms with Gasteiger partial charge in [-0.15, -0.1) is 0 Å². The lowest BCUT2D eigenvalue weighted by molar-refractivity contribution is -0.107. The molecule has 0 unspecified atom stereocenters. The van der Waals surface area contributed by atoms with E-state index in [0.717, 1.165) is 38.0 Å². The van der Waals surface area contributed by atoms with E-state index < -0.39 is 11.2 Å². The van der Waals surface area contributed by atoms with Crippen LogP contribution < -0.4 is 4.74 Å². The fourth-order valence-electron chi connectivity index (χ4n) is 1.66. The molecule has 0 saturated heterocycles. The molecule has 0 aromatic heterocycles. The minimum absolute atomic E-state index is 0.229. The van der Waals surface area contributed by atoms with Crippen LogP contribution >= 0.6 is 11.6 Å². The van der Waals surface area contributed by atoms with Crippen molar-refractivity contribution in [3.8, 4) is 5.75 Å². The molecule has 0 fully saturated rings. The fraction of sp³-hybridized carbons (Fsp3) is 0.375. The van der Waals surface area contributed by atoms with Gasteiger partial charge in [0.2, 0.25) is 5.24 Å². The Hall–Kier alpha value is -1.85. The first-order valence-corrected chi connectivity index (χ1v) is 7.42. The number of carbonyl (C=O) groups excluding carboxylic acids is 2. The maximum Gasteiger partial charge on any atom is 0.342 e. The van der Waals surface area contributed by atoms with Crippen molar-refractivity contribution in [2.75, 3.05) is 13.2 Å². The SMILES string of the molecule is O=C(Cl)/C=C/OC(=O)c1ccc(OCCCCCCO)cc1. The summed E-state index contributed by atoms with van der Waals surface area (Å²) >= 11 is 5.07. The van der Waals surface area contributed by atoms with Gasteiger partial charge >= 0.3 is 5.97 Å². The highest BCUT2D eigenvalue weighted by atomic mass is 35.5. The Bertz CT molecular complexity index is 496. The lowest BCUT2D eigenvalue weighted by Crippen LogP contribution is -2.02. The molecule has 0 aliphatic rings. The number of esters is 1. The molecule has 0 amide bonds. The number of hydrogen-bond acceptors (Lipinski definition) is 5. The van der Waals surface area contributed by atoms with E-state index in [2.05, 4.69) is 0 Å². The van der Waals surface area contributed by atoms with Gasteiger partial charge < -0.3 is 14.6 Å². The number of aliphatic hydroxyl groups excluding tert-OH is 1. The summed E-state index contributed by atoms with van der Waals surface area (Å²) in [6.45, 7) is 0.822. The van der Waals surface area contributed by atoms with E-state index in [1.807, 2.05) is 0 Å². The molecule has 0 saturated carbocycles. The average Bonchev–Trinajstić information content (AvgIpc) is 2.51. The monoisotopic (exact) mass is 326 g/mol. The highest BCUT2D eigenvalue weighted by molar-refractivity contribution is 6.66. The van der Waals surface area contributed by atoms with Gasteiger partial charge in [0.25, 0.3) is 0 Å². The number of allylic oxidation sites excluding steroid dienone is 1. The van der Waals surface area contributed by atoms with Crippen molar-refractivity contribution in [1.29, 1.82) is 0 Å². The Kier molecular flexibility index (Phi) is 8.95. The lowest BCUT2D eigenvalue weighted by atomic mass is 10.2. The highest BCUT2D eigenvalue weighted by Crippen LogP contribution is 2.14. The zero-order chi connectivity index (χ0) is 16.2. The van der Waals surface area contributed by atoms with Crippen molar-refractivity contribution in [1.82, 2.24) is 0 Å².